The zero-order valence-electron chi connectivity index (χ0n) is 11.7. The van der Waals surface area contributed by atoms with Crippen molar-refractivity contribution >= 4 is 21.4 Å². The smallest absolute Gasteiger partial charge is 0.252 e. The summed E-state index contributed by atoms with van der Waals surface area (Å²) >= 11 is 1.36. The van der Waals surface area contributed by atoms with E-state index in [1.807, 2.05) is 20.0 Å². The molecule has 1 fully saturated rings. The third kappa shape index (κ3) is 3.18. The highest BCUT2D eigenvalue weighted by Gasteiger charge is 2.32. The number of hydrogen-bond acceptors (Lipinski definition) is 4. The predicted octanol–water partition coefficient (Wildman–Crippen LogP) is 2.07. The fourth-order valence-corrected chi connectivity index (χ4v) is 5.49. The normalized spacial score (nSPS) is 23.4. The van der Waals surface area contributed by atoms with Crippen molar-refractivity contribution in [3.05, 3.63) is 17.0 Å². The number of piperidine rings is 1. The molecule has 1 aromatic heterocycles. The summed E-state index contributed by atoms with van der Waals surface area (Å²) in [6.07, 6.45) is 2.04. The molecule has 2 rings (SSSR count). The zero-order valence-corrected chi connectivity index (χ0v) is 13.4. The molecule has 2 atom stereocenters. The van der Waals surface area contributed by atoms with Crippen LogP contribution in [0.5, 0.6) is 0 Å². The van der Waals surface area contributed by atoms with Gasteiger partial charge < -0.3 is 5.32 Å². The van der Waals surface area contributed by atoms with E-state index in [2.05, 4.69) is 12.2 Å². The largest absolute Gasteiger partial charge is 0.317 e. The van der Waals surface area contributed by atoms with Gasteiger partial charge in [0.1, 0.15) is 4.21 Å². The topological polar surface area (TPSA) is 49.4 Å². The molecule has 0 bridgehead atoms. The van der Waals surface area contributed by atoms with E-state index in [1.54, 1.807) is 10.4 Å². The fraction of sp³-hybridized carbons (Fsp3) is 0.692. The Balaban J connectivity index is 2.17. The van der Waals surface area contributed by atoms with Gasteiger partial charge in [0.05, 0.1) is 0 Å². The Labute approximate surface area is 119 Å². The lowest BCUT2D eigenvalue weighted by Crippen LogP contribution is -2.45. The molecule has 1 aliphatic heterocycles. The molecule has 4 nitrogen and oxygen atoms in total. The van der Waals surface area contributed by atoms with E-state index in [9.17, 15) is 8.42 Å². The molecule has 1 saturated heterocycles. The molecule has 19 heavy (non-hydrogen) atoms. The summed E-state index contributed by atoms with van der Waals surface area (Å²) in [5, 5.41) is 3.23. The highest BCUT2D eigenvalue weighted by atomic mass is 32.2. The lowest BCUT2D eigenvalue weighted by molar-refractivity contribution is 0.229. The second-order valence-electron chi connectivity index (χ2n) is 5.21. The Kier molecular flexibility index (Phi) is 4.66. The first-order valence-electron chi connectivity index (χ1n) is 6.69. The van der Waals surface area contributed by atoms with Crippen LogP contribution in [0.25, 0.3) is 0 Å². The van der Waals surface area contributed by atoms with Crippen LogP contribution in [-0.4, -0.2) is 38.9 Å². The Bertz CT molecular complexity index is 525. The summed E-state index contributed by atoms with van der Waals surface area (Å²) < 4.78 is 27.3. The third-order valence-corrected chi connectivity index (χ3v) is 7.23. The minimum atomic E-state index is -3.29. The second kappa shape index (κ2) is 5.91. The first-order valence-corrected chi connectivity index (χ1v) is 8.94. The Morgan fingerprint density at radius 3 is 2.79 bits per heavy atom. The predicted molar refractivity (Wildman–Crippen MR) is 79.1 cm³/mol. The van der Waals surface area contributed by atoms with Crippen LogP contribution >= 0.6 is 11.3 Å². The van der Waals surface area contributed by atoms with Crippen LogP contribution in [0.15, 0.2) is 16.3 Å². The molecule has 0 saturated carbocycles. The first-order chi connectivity index (χ1) is 8.95. The summed E-state index contributed by atoms with van der Waals surface area (Å²) in [5.41, 5.74) is 0. The molecule has 0 spiro atoms. The average Bonchev–Trinajstić information content (AvgIpc) is 2.85. The average molecular weight is 302 g/mol. The van der Waals surface area contributed by atoms with Gasteiger partial charge in [-0.25, -0.2) is 8.42 Å². The maximum atomic E-state index is 12.6. The monoisotopic (exact) mass is 302 g/mol. The summed E-state index contributed by atoms with van der Waals surface area (Å²) in [5.74, 6) is 0.398. The standard InChI is InChI=1S/C13H22N2O2S2/c1-10-6-7-13(18-10)19(16,17)15-8-4-5-12(9-15)11(2)14-3/h6-7,11-12,14H,4-5,8-9H2,1-3H3. The lowest BCUT2D eigenvalue weighted by Gasteiger charge is -2.34. The highest BCUT2D eigenvalue weighted by Crippen LogP contribution is 2.29. The number of sulfonamides is 1. The van der Waals surface area contributed by atoms with Crippen molar-refractivity contribution in [1.29, 1.82) is 0 Å². The summed E-state index contributed by atoms with van der Waals surface area (Å²) in [6, 6.07) is 3.94. The molecule has 1 N–H and O–H groups in total. The second-order valence-corrected chi connectivity index (χ2v) is 8.66. The van der Waals surface area contributed by atoms with Crippen LogP contribution in [-0.2, 0) is 10.0 Å². The summed E-state index contributed by atoms with van der Waals surface area (Å²) in [7, 11) is -1.36. The Morgan fingerprint density at radius 2 is 2.21 bits per heavy atom. The van der Waals surface area contributed by atoms with Gasteiger partial charge >= 0.3 is 0 Å². The maximum Gasteiger partial charge on any atom is 0.252 e. The van der Waals surface area contributed by atoms with Crippen LogP contribution in [0.3, 0.4) is 0 Å². The molecule has 1 aliphatic rings. The molecule has 2 heterocycles. The van der Waals surface area contributed by atoms with E-state index >= 15 is 0 Å². The SMILES string of the molecule is CNC(C)C1CCCN(S(=O)(=O)c2ccc(C)s2)C1. The molecule has 1 aromatic rings. The van der Waals surface area contributed by atoms with E-state index in [1.165, 1.54) is 11.3 Å². The fourth-order valence-electron chi connectivity index (χ4n) is 2.51. The third-order valence-electron chi connectivity index (χ3n) is 3.89. The van der Waals surface area contributed by atoms with Crippen molar-refractivity contribution < 1.29 is 8.42 Å². The van der Waals surface area contributed by atoms with E-state index in [0.717, 1.165) is 17.7 Å². The van der Waals surface area contributed by atoms with E-state index in [0.29, 0.717) is 29.3 Å². The first kappa shape index (κ1) is 15.0. The summed E-state index contributed by atoms with van der Waals surface area (Å²) in [4.78, 5) is 1.04. The molecule has 0 radical (unpaired) electrons. The van der Waals surface area contributed by atoms with Crippen LogP contribution in [0, 0.1) is 12.8 Å². The number of aryl methyl sites for hydroxylation is 1. The van der Waals surface area contributed by atoms with Crippen molar-refractivity contribution in [2.45, 2.75) is 36.9 Å². The van der Waals surface area contributed by atoms with Crippen LogP contribution in [0.4, 0.5) is 0 Å². The minimum absolute atomic E-state index is 0.350. The molecule has 0 aliphatic carbocycles. The Hall–Kier alpha value is -0.430. The van der Waals surface area contributed by atoms with E-state index < -0.39 is 10.0 Å². The van der Waals surface area contributed by atoms with Crippen molar-refractivity contribution in [2.75, 3.05) is 20.1 Å². The zero-order chi connectivity index (χ0) is 14.0. The van der Waals surface area contributed by atoms with Gasteiger partial charge in [-0.05, 0) is 51.8 Å². The molecular formula is C13H22N2O2S2. The van der Waals surface area contributed by atoms with Crippen LogP contribution < -0.4 is 5.32 Å². The van der Waals surface area contributed by atoms with E-state index in [-0.39, 0.29) is 0 Å². The molecule has 108 valence electrons. The van der Waals surface area contributed by atoms with Crippen molar-refractivity contribution in [3.8, 4) is 0 Å². The van der Waals surface area contributed by atoms with Crippen molar-refractivity contribution in [1.82, 2.24) is 9.62 Å². The minimum Gasteiger partial charge on any atom is -0.317 e. The van der Waals surface area contributed by atoms with Crippen LogP contribution in [0.1, 0.15) is 24.6 Å². The van der Waals surface area contributed by atoms with Gasteiger partial charge in [0.2, 0.25) is 0 Å². The number of rotatable bonds is 4. The molecule has 6 heteroatoms. The van der Waals surface area contributed by atoms with Gasteiger partial charge in [-0.2, -0.15) is 4.31 Å². The van der Waals surface area contributed by atoms with Gasteiger partial charge in [0.15, 0.2) is 0 Å². The van der Waals surface area contributed by atoms with Gasteiger partial charge in [-0.15, -0.1) is 11.3 Å². The van der Waals surface area contributed by atoms with Crippen molar-refractivity contribution in [2.24, 2.45) is 5.92 Å². The van der Waals surface area contributed by atoms with Gasteiger partial charge in [-0.3, -0.25) is 0 Å². The number of nitrogens with one attached hydrogen (secondary N) is 1. The van der Waals surface area contributed by atoms with Gasteiger partial charge in [0, 0.05) is 24.0 Å². The van der Waals surface area contributed by atoms with Crippen LogP contribution in [0.2, 0.25) is 0 Å². The lowest BCUT2D eigenvalue weighted by atomic mass is 9.93. The van der Waals surface area contributed by atoms with E-state index in [4.69, 9.17) is 0 Å². The number of hydrogen-bond donors (Lipinski definition) is 1. The number of nitrogens with zero attached hydrogens (tertiary/aromatic N) is 1. The molecule has 0 amide bonds. The van der Waals surface area contributed by atoms with Gasteiger partial charge in [-0.1, -0.05) is 0 Å². The molecular weight excluding hydrogens is 280 g/mol. The van der Waals surface area contributed by atoms with Crippen molar-refractivity contribution in [3.63, 3.8) is 0 Å². The number of thiophene rings is 1. The molecule has 0 aromatic carbocycles. The Morgan fingerprint density at radius 1 is 1.47 bits per heavy atom. The van der Waals surface area contributed by atoms with Gasteiger partial charge in [0.25, 0.3) is 10.0 Å². The summed E-state index contributed by atoms with van der Waals surface area (Å²) in [6.45, 7) is 5.33. The molecule has 2 unspecified atom stereocenters. The quantitative estimate of drug-likeness (QED) is 0.926. The highest BCUT2D eigenvalue weighted by molar-refractivity contribution is 7.91. The maximum absolute atomic E-state index is 12.6.